The van der Waals surface area contributed by atoms with Crippen molar-refractivity contribution in [3.8, 4) is 0 Å². The second-order valence-electron chi connectivity index (χ2n) is 6.55. The van der Waals surface area contributed by atoms with Crippen LogP contribution in [0.25, 0.3) is 5.65 Å². The predicted octanol–water partition coefficient (Wildman–Crippen LogP) is 0.627. The number of fused-ring (bicyclic) bond motifs is 2. The number of nitrogens with zero attached hydrogens (tertiary/aromatic N) is 3. The van der Waals surface area contributed by atoms with Crippen molar-refractivity contribution < 1.29 is 23.5 Å². The monoisotopic (exact) mass is 412 g/mol. The molecule has 0 saturated heterocycles. The van der Waals surface area contributed by atoms with E-state index in [4.69, 9.17) is 4.74 Å². The summed E-state index contributed by atoms with van der Waals surface area (Å²) in [4.78, 5) is 40.3. The summed E-state index contributed by atoms with van der Waals surface area (Å²) in [7, 11) is 1.41. The quantitative estimate of drug-likeness (QED) is 0.577. The highest BCUT2D eigenvalue weighted by atomic mass is 19.1. The molecule has 3 heterocycles. The Kier molecular flexibility index (Phi) is 5.11. The molecular weight excluding hydrogens is 395 g/mol. The van der Waals surface area contributed by atoms with E-state index in [1.54, 1.807) is 18.2 Å². The summed E-state index contributed by atoms with van der Waals surface area (Å²) in [5.41, 5.74) is 1.80. The number of hydrogen-bond acceptors (Lipinski definition) is 6. The average Bonchev–Trinajstić information content (AvgIpc) is 3.01. The van der Waals surface area contributed by atoms with Gasteiger partial charge in [0.15, 0.2) is 11.5 Å². The molecule has 0 aliphatic carbocycles. The van der Waals surface area contributed by atoms with Gasteiger partial charge in [0.25, 0.3) is 11.8 Å². The third kappa shape index (κ3) is 3.70. The number of hydrogen-bond donors (Lipinski definition) is 3. The number of halogens is 1. The molecule has 0 radical (unpaired) electrons. The van der Waals surface area contributed by atoms with Crippen molar-refractivity contribution in [3.63, 3.8) is 0 Å². The lowest BCUT2D eigenvalue weighted by molar-refractivity contribution is -0.120. The van der Waals surface area contributed by atoms with E-state index in [1.807, 2.05) is 0 Å². The zero-order valence-electron chi connectivity index (χ0n) is 15.9. The van der Waals surface area contributed by atoms with Crippen LogP contribution < -0.4 is 16.0 Å². The summed E-state index contributed by atoms with van der Waals surface area (Å²) in [5, 5.41) is 11.6. The molecule has 4 rings (SSSR count). The molecule has 0 bridgehead atoms. The highest BCUT2D eigenvalue weighted by molar-refractivity contribution is 5.98. The van der Waals surface area contributed by atoms with Gasteiger partial charge in [-0.3, -0.25) is 14.4 Å². The Morgan fingerprint density at radius 2 is 2.10 bits per heavy atom. The Hall–Kier alpha value is -3.86. The van der Waals surface area contributed by atoms with Crippen LogP contribution in [0.4, 0.5) is 10.1 Å². The van der Waals surface area contributed by atoms with Gasteiger partial charge in [0, 0.05) is 30.9 Å². The average molecular weight is 412 g/mol. The van der Waals surface area contributed by atoms with Crippen LogP contribution in [0, 0.1) is 5.82 Å². The van der Waals surface area contributed by atoms with Gasteiger partial charge in [-0.25, -0.2) is 13.9 Å². The van der Waals surface area contributed by atoms with E-state index < -0.39 is 17.6 Å². The van der Waals surface area contributed by atoms with Crippen molar-refractivity contribution in [1.29, 1.82) is 0 Å². The molecule has 154 valence electrons. The molecule has 30 heavy (non-hydrogen) atoms. The normalized spacial score (nSPS) is 13.3. The highest BCUT2D eigenvalue weighted by Crippen LogP contribution is 2.21. The first-order chi connectivity index (χ1) is 14.5. The number of carbonyl (C=O) groups is 3. The molecule has 0 atom stereocenters. The molecule has 11 heteroatoms. The van der Waals surface area contributed by atoms with Gasteiger partial charge in [0.2, 0.25) is 5.91 Å². The molecule has 10 nitrogen and oxygen atoms in total. The molecule has 0 fully saturated rings. The molecule has 0 spiro atoms. The molecule has 1 aliphatic heterocycles. The van der Waals surface area contributed by atoms with E-state index >= 15 is 0 Å². The maximum absolute atomic E-state index is 14.0. The van der Waals surface area contributed by atoms with Crippen LogP contribution in [0.15, 0.2) is 30.5 Å². The Balaban J connectivity index is 1.56. The summed E-state index contributed by atoms with van der Waals surface area (Å²) in [5.74, 6) is -2.13. The van der Waals surface area contributed by atoms with E-state index in [0.29, 0.717) is 12.3 Å². The zero-order valence-corrected chi connectivity index (χ0v) is 15.9. The SMILES string of the molecule is CNC(=O)c1cc(C(=O)NCc2ccc3c(c2)NC(=O)COC3)nc2c(F)cnn12. The summed E-state index contributed by atoms with van der Waals surface area (Å²) in [6.45, 7) is 0.421. The van der Waals surface area contributed by atoms with Gasteiger partial charge < -0.3 is 20.7 Å². The maximum atomic E-state index is 14.0. The second kappa shape index (κ2) is 7.87. The van der Waals surface area contributed by atoms with Gasteiger partial charge in [0.1, 0.15) is 18.0 Å². The summed E-state index contributed by atoms with van der Waals surface area (Å²) < 4.78 is 20.2. The van der Waals surface area contributed by atoms with E-state index in [0.717, 1.165) is 21.8 Å². The van der Waals surface area contributed by atoms with Crippen LogP contribution in [-0.4, -0.2) is 46.0 Å². The number of anilines is 1. The van der Waals surface area contributed by atoms with Crippen molar-refractivity contribution in [3.05, 3.63) is 58.8 Å². The molecule has 1 aromatic carbocycles. The summed E-state index contributed by atoms with van der Waals surface area (Å²) in [6.07, 6.45) is 0.921. The Morgan fingerprint density at radius 3 is 2.90 bits per heavy atom. The molecule has 2 aromatic heterocycles. The fourth-order valence-corrected chi connectivity index (χ4v) is 3.03. The van der Waals surface area contributed by atoms with Crippen LogP contribution in [0.3, 0.4) is 0 Å². The van der Waals surface area contributed by atoms with Crippen molar-refractivity contribution >= 4 is 29.1 Å². The molecule has 3 N–H and O–H groups in total. The molecule has 0 unspecified atom stereocenters. The number of nitrogens with one attached hydrogen (secondary N) is 3. The van der Waals surface area contributed by atoms with E-state index in [1.165, 1.54) is 13.1 Å². The highest BCUT2D eigenvalue weighted by Gasteiger charge is 2.19. The first-order valence-electron chi connectivity index (χ1n) is 9.00. The number of aromatic nitrogens is 3. The Bertz CT molecular complexity index is 1180. The number of amides is 3. The lowest BCUT2D eigenvalue weighted by atomic mass is 10.1. The van der Waals surface area contributed by atoms with Crippen LogP contribution in [-0.2, 0) is 22.7 Å². The van der Waals surface area contributed by atoms with Crippen LogP contribution >= 0.6 is 0 Å². The lowest BCUT2D eigenvalue weighted by Crippen LogP contribution is -2.27. The topological polar surface area (TPSA) is 127 Å². The number of benzene rings is 1. The first-order valence-corrected chi connectivity index (χ1v) is 9.00. The van der Waals surface area contributed by atoms with Crippen molar-refractivity contribution in [2.24, 2.45) is 0 Å². The smallest absolute Gasteiger partial charge is 0.270 e. The van der Waals surface area contributed by atoms with Crippen LogP contribution in [0.2, 0.25) is 0 Å². The number of rotatable bonds is 4. The standard InChI is InChI=1S/C19H17FN6O4/c1-21-19(29)15-5-14(25-17-12(20)7-23-26(15)17)18(28)22-6-10-2-3-11-8-30-9-16(27)24-13(11)4-10/h2-5,7H,6,8-9H2,1H3,(H,21,29)(H,22,28)(H,24,27). The molecular formula is C19H17FN6O4. The second-order valence-corrected chi connectivity index (χ2v) is 6.55. The van der Waals surface area contributed by atoms with Gasteiger partial charge in [0.05, 0.1) is 12.8 Å². The fourth-order valence-electron chi connectivity index (χ4n) is 3.03. The molecule has 3 aromatic rings. The first kappa shape index (κ1) is 19.5. The van der Waals surface area contributed by atoms with Gasteiger partial charge >= 0.3 is 0 Å². The van der Waals surface area contributed by atoms with Crippen molar-refractivity contribution in [2.75, 3.05) is 19.0 Å². The minimum Gasteiger partial charge on any atom is -0.367 e. The Morgan fingerprint density at radius 1 is 1.27 bits per heavy atom. The molecule has 3 amide bonds. The molecule has 1 aliphatic rings. The maximum Gasteiger partial charge on any atom is 0.270 e. The lowest BCUT2D eigenvalue weighted by Gasteiger charge is -2.11. The number of carbonyl (C=O) groups excluding carboxylic acids is 3. The van der Waals surface area contributed by atoms with Crippen molar-refractivity contribution in [1.82, 2.24) is 25.2 Å². The third-order valence-corrected chi connectivity index (χ3v) is 4.51. The Labute approximate surface area is 169 Å². The van der Waals surface area contributed by atoms with E-state index in [2.05, 4.69) is 26.0 Å². The van der Waals surface area contributed by atoms with Crippen molar-refractivity contribution in [2.45, 2.75) is 13.2 Å². The molecule has 0 saturated carbocycles. The van der Waals surface area contributed by atoms with Crippen LogP contribution in [0.5, 0.6) is 0 Å². The van der Waals surface area contributed by atoms with Gasteiger partial charge in [-0.2, -0.15) is 5.10 Å². The van der Waals surface area contributed by atoms with Gasteiger partial charge in [-0.05, 0) is 11.6 Å². The largest absolute Gasteiger partial charge is 0.367 e. The third-order valence-electron chi connectivity index (χ3n) is 4.51. The summed E-state index contributed by atoms with van der Waals surface area (Å²) >= 11 is 0. The van der Waals surface area contributed by atoms with Gasteiger partial charge in [-0.1, -0.05) is 12.1 Å². The summed E-state index contributed by atoms with van der Waals surface area (Å²) in [6, 6.07) is 6.58. The van der Waals surface area contributed by atoms with Gasteiger partial charge in [-0.15, -0.1) is 0 Å². The van der Waals surface area contributed by atoms with Crippen LogP contribution in [0.1, 0.15) is 32.1 Å². The minimum absolute atomic E-state index is 0.0201. The predicted molar refractivity (Wildman–Crippen MR) is 102 cm³/mol. The van der Waals surface area contributed by atoms with E-state index in [-0.39, 0.29) is 36.1 Å². The minimum atomic E-state index is -0.751. The fraction of sp³-hybridized carbons (Fsp3) is 0.211. The zero-order chi connectivity index (χ0) is 21.3. The number of ether oxygens (including phenoxy) is 1. The van der Waals surface area contributed by atoms with E-state index in [9.17, 15) is 18.8 Å².